The maximum Gasteiger partial charge on any atom is 0.442 e. The zero-order chi connectivity index (χ0) is 20.8. The maximum absolute atomic E-state index is 13.0. The van der Waals surface area contributed by atoms with Crippen LogP contribution in [0.4, 0.5) is 0 Å². The number of sulfone groups is 1. The highest BCUT2D eigenvalue weighted by atomic mass is 32.2. The molecular weight excluding hydrogens is 394 g/mol. The van der Waals surface area contributed by atoms with Gasteiger partial charge in [-0.1, -0.05) is 35.5 Å². The van der Waals surface area contributed by atoms with Crippen LogP contribution < -0.4 is 5.76 Å². The summed E-state index contributed by atoms with van der Waals surface area (Å²) in [6, 6.07) is 10.6. The van der Waals surface area contributed by atoms with Crippen LogP contribution in [0.25, 0.3) is 11.4 Å². The van der Waals surface area contributed by atoms with Crippen LogP contribution in [0.3, 0.4) is 0 Å². The zero-order valence-corrected chi connectivity index (χ0v) is 17.0. The van der Waals surface area contributed by atoms with Crippen molar-refractivity contribution in [1.82, 2.24) is 14.3 Å². The molecule has 0 N–H and O–H groups in total. The molecule has 3 aromatic rings. The van der Waals surface area contributed by atoms with E-state index in [2.05, 4.69) is 5.16 Å². The quantitative estimate of drug-likeness (QED) is 0.592. The smallest absolute Gasteiger partial charge is 0.344 e. The number of hydrogen-bond donors (Lipinski definition) is 0. The molecule has 1 aliphatic heterocycles. The van der Waals surface area contributed by atoms with Gasteiger partial charge in [-0.15, -0.1) is 0 Å². The summed E-state index contributed by atoms with van der Waals surface area (Å²) < 4.78 is 31.6. The van der Waals surface area contributed by atoms with Crippen LogP contribution in [0.1, 0.15) is 34.2 Å². The van der Waals surface area contributed by atoms with Crippen molar-refractivity contribution < 1.29 is 17.7 Å². The van der Waals surface area contributed by atoms with Crippen LogP contribution in [-0.2, 0) is 16.4 Å². The molecule has 29 heavy (non-hydrogen) atoms. The van der Waals surface area contributed by atoms with Gasteiger partial charge in [-0.05, 0) is 26.3 Å². The molecule has 8 nitrogen and oxygen atoms in total. The number of aryl methyl sites for hydroxylation is 1. The van der Waals surface area contributed by atoms with Gasteiger partial charge in [0.2, 0.25) is 0 Å². The van der Waals surface area contributed by atoms with Gasteiger partial charge in [0.15, 0.2) is 21.4 Å². The van der Waals surface area contributed by atoms with Gasteiger partial charge in [-0.2, -0.15) is 0 Å². The standard InChI is InChI=1S/C20H21N3O5S/c1-13-10-17(14(2)23(13)16-8-9-29(26,27)12-16)18(24)11-22-19(21-28-20(22)25)15-6-4-3-5-7-15/h3-7,10,16H,8-9,11-12H2,1-2H3. The summed E-state index contributed by atoms with van der Waals surface area (Å²) in [7, 11) is -3.04. The van der Waals surface area contributed by atoms with E-state index in [0.717, 1.165) is 5.69 Å². The molecule has 1 aromatic carbocycles. The van der Waals surface area contributed by atoms with E-state index in [9.17, 15) is 18.0 Å². The number of carbonyl (C=O) groups excluding carboxylic acids is 1. The fourth-order valence-electron chi connectivity index (χ4n) is 4.03. The summed E-state index contributed by atoms with van der Waals surface area (Å²) in [5.74, 6) is -0.422. The second-order valence-electron chi connectivity index (χ2n) is 7.36. The Balaban J connectivity index is 1.65. The average molecular weight is 415 g/mol. The van der Waals surface area contributed by atoms with Crippen molar-refractivity contribution in [1.29, 1.82) is 0 Å². The van der Waals surface area contributed by atoms with Gasteiger partial charge in [0.1, 0.15) is 0 Å². The first-order valence-corrected chi connectivity index (χ1v) is 11.1. The first-order chi connectivity index (χ1) is 13.8. The fraction of sp³-hybridized carbons (Fsp3) is 0.350. The van der Waals surface area contributed by atoms with Crippen molar-refractivity contribution in [3.05, 3.63) is 63.9 Å². The summed E-state index contributed by atoms with van der Waals surface area (Å²) in [5.41, 5.74) is 2.68. The largest absolute Gasteiger partial charge is 0.442 e. The lowest BCUT2D eigenvalue weighted by atomic mass is 10.1. The predicted octanol–water partition coefficient (Wildman–Crippen LogP) is 2.16. The molecule has 0 bridgehead atoms. The number of aromatic nitrogens is 3. The minimum absolute atomic E-state index is 0.0836. The molecule has 0 saturated carbocycles. The van der Waals surface area contributed by atoms with E-state index in [1.165, 1.54) is 4.57 Å². The lowest BCUT2D eigenvalue weighted by Crippen LogP contribution is -2.22. The summed E-state index contributed by atoms with van der Waals surface area (Å²) >= 11 is 0. The number of Topliss-reactive ketones (excluding diaryl/α,β-unsaturated/α-hetero) is 1. The van der Waals surface area contributed by atoms with Crippen LogP contribution in [0.2, 0.25) is 0 Å². The Labute approximate surface area is 167 Å². The third kappa shape index (κ3) is 3.57. The van der Waals surface area contributed by atoms with Crippen LogP contribution >= 0.6 is 0 Å². The number of nitrogens with zero attached hydrogens (tertiary/aromatic N) is 3. The SMILES string of the molecule is Cc1cc(C(=O)Cn2c(-c3ccccc3)noc2=O)c(C)n1C1CCS(=O)(=O)C1. The molecule has 2 aromatic heterocycles. The van der Waals surface area contributed by atoms with Gasteiger partial charge in [-0.25, -0.2) is 17.8 Å². The third-order valence-corrected chi connectivity index (χ3v) is 7.13. The normalized spacial score (nSPS) is 18.2. The summed E-state index contributed by atoms with van der Waals surface area (Å²) in [6.07, 6.45) is 0.537. The van der Waals surface area contributed by atoms with Crippen LogP contribution in [0.15, 0.2) is 45.7 Å². The number of benzene rings is 1. The maximum atomic E-state index is 13.0. The molecule has 0 amide bonds. The van der Waals surface area contributed by atoms with Crippen LogP contribution in [0, 0.1) is 13.8 Å². The van der Waals surface area contributed by atoms with Crippen LogP contribution in [-0.4, -0.2) is 40.0 Å². The second-order valence-corrected chi connectivity index (χ2v) is 9.59. The molecular formula is C20H21N3O5S. The Hall–Kier alpha value is -2.94. The van der Waals surface area contributed by atoms with E-state index in [1.807, 2.05) is 29.7 Å². The molecule has 0 spiro atoms. The van der Waals surface area contributed by atoms with E-state index in [-0.39, 0.29) is 29.9 Å². The predicted molar refractivity (Wildman–Crippen MR) is 107 cm³/mol. The lowest BCUT2D eigenvalue weighted by Gasteiger charge is -2.16. The van der Waals surface area contributed by atoms with Crippen molar-refractivity contribution in [2.75, 3.05) is 11.5 Å². The monoisotopic (exact) mass is 415 g/mol. The lowest BCUT2D eigenvalue weighted by molar-refractivity contribution is 0.0969. The molecule has 1 saturated heterocycles. The average Bonchev–Trinajstić information content (AvgIpc) is 3.31. The van der Waals surface area contributed by atoms with E-state index in [1.54, 1.807) is 25.1 Å². The van der Waals surface area contributed by atoms with Gasteiger partial charge in [0.25, 0.3) is 0 Å². The topological polar surface area (TPSA) is 104 Å². The van der Waals surface area contributed by atoms with E-state index in [4.69, 9.17) is 4.52 Å². The highest BCUT2D eigenvalue weighted by Gasteiger charge is 2.32. The van der Waals surface area contributed by atoms with Gasteiger partial charge in [-0.3, -0.25) is 9.32 Å². The molecule has 1 atom stereocenters. The van der Waals surface area contributed by atoms with Gasteiger partial charge in [0.05, 0.1) is 18.1 Å². The molecule has 1 fully saturated rings. The summed E-state index contributed by atoms with van der Waals surface area (Å²) in [5, 5.41) is 3.81. The number of carbonyl (C=O) groups is 1. The summed E-state index contributed by atoms with van der Waals surface area (Å²) in [6.45, 7) is 3.45. The molecule has 3 heterocycles. The summed E-state index contributed by atoms with van der Waals surface area (Å²) in [4.78, 5) is 25.1. The molecule has 1 aliphatic rings. The molecule has 0 aliphatic carbocycles. The minimum atomic E-state index is -3.04. The number of hydrogen-bond acceptors (Lipinski definition) is 6. The Kier molecular flexibility index (Phi) is 4.77. The van der Waals surface area contributed by atoms with E-state index < -0.39 is 15.6 Å². The van der Waals surface area contributed by atoms with Crippen molar-refractivity contribution >= 4 is 15.6 Å². The highest BCUT2D eigenvalue weighted by molar-refractivity contribution is 7.91. The third-order valence-electron chi connectivity index (χ3n) is 5.38. The van der Waals surface area contributed by atoms with Crippen molar-refractivity contribution in [3.8, 4) is 11.4 Å². The molecule has 4 rings (SSSR count). The van der Waals surface area contributed by atoms with Crippen molar-refractivity contribution in [3.63, 3.8) is 0 Å². The highest BCUT2D eigenvalue weighted by Crippen LogP contribution is 2.29. The van der Waals surface area contributed by atoms with Crippen molar-refractivity contribution in [2.45, 2.75) is 32.9 Å². The van der Waals surface area contributed by atoms with E-state index in [0.29, 0.717) is 29.1 Å². The first-order valence-electron chi connectivity index (χ1n) is 9.31. The first kappa shape index (κ1) is 19.4. The Morgan fingerprint density at radius 2 is 1.97 bits per heavy atom. The van der Waals surface area contributed by atoms with E-state index >= 15 is 0 Å². The Bertz CT molecular complexity index is 1230. The molecule has 9 heteroatoms. The molecule has 152 valence electrons. The van der Waals surface area contributed by atoms with Crippen LogP contribution in [0.5, 0.6) is 0 Å². The second kappa shape index (κ2) is 7.14. The van der Waals surface area contributed by atoms with Gasteiger partial charge in [0, 0.05) is 28.6 Å². The zero-order valence-electron chi connectivity index (χ0n) is 16.2. The van der Waals surface area contributed by atoms with Gasteiger partial charge < -0.3 is 4.57 Å². The van der Waals surface area contributed by atoms with Crippen molar-refractivity contribution in [2.24, 2.45) is 0 Å². The Morgan fingerprint density at radius 1 is 1.24 bits per heavy atom. The minimum Gasteiger partial charge on any atom is -0.344 e. The molecule has 0 radical (unpaired) electrons. The fourth-order valence-corrected chi connectivity index (χ4v) is 5.73. The Morgan fingerprint density at radius 3 is 2.62 bits per heavy atom. The van der Waals surface area contributed by atoms with Gasteiger partial charge >= 0.3 is 5.76 Å². The number of ketones is 1. The number of rotatable bonds is 5. The molecule has 1 unspecified atom stereocenters.